The Morgan fingerprint density at radius 1 is 1.30 bits per heavy atom. The zero-order valence-corrected chi connectivity index (χ0v) is 13.3. The minimum absolute atomic E-state index is 0.0643. The van der Waals surface area contributed by atoms with E-state index in [0.29, 0.717) is 6.42 Å². The summed E-state index contributed by atoms with van der Waals surface area (Å²) in [5.74, 6) is -0.201. The van der Waals surface area contributed by atoms with Gasteiger partial charge in [-0.05, 0) is 24.5 Å². The number of halogens is 3. The molecule has 2 atom stereocenters. The number of rotatable bonds is 5. The van der Waals surface area contributed by atoms with Crippen LogP contribution >= 0.6 is 0 Å². The van der Waals surface area contributed by atoms with E-state index >= 15 is 0 Å². The van der Waals surface area contributed by atoms with Gasteiger partial charge in [0.05, 0.1) is 5.56 Å². The molecule has 128 valence electrons. The molecule has 1 aromatic carbocycles. The first-order chi connectivity index (χ1) is 10.8. The predicted molar refractivity (Wildman–Crippen MR) is 81.3 cm³/mol. The minimum atomic E-state index is -4.42. The quantitative estimate of drug-likeness (QED) is 0.873. The molecule has 1 aliphatic heterocycles. The van der Waals surface area contributed by atoms with Crippen molar-refractivity contribution < 1.29 is 18.0 Å². The van der Waals surface area contributed by atoms with Crippen molar-refractivity contribution in [1.29, 1.82) is 0 Å². The van der Waals surface area contributed by atoms with E-state index in [-0.39, 0.29) is 24.1 Å². The second kappa shape index (κ2) is 7.31. The molecule has 2 N–H and O–H groups in total. The summed E-state index contributed by atoms with van der Waals surface area (Å²) in [6.07, 6.45) is -1.80. The van der Waals surface area contributed by atoms with Gasteiger partial charge in [0.15, 0.2) is 0 Å². The van der Waals surface area contributed by atoms with Crippen LogP contribution in [0.3, 0.4) is 0 Å². The molecule has 4 nitrogen and oxygen atoms in total. The Hall–Kier alpha value is -1.60. The number of amides is 1. The number of hydrazine groups is 1. The van der Waals surface area contributed by atoms with Crippen molar-refractivity contribution in [3.05, 3.63) is 35.4 Å². The van der Waals surface area contributed by atoms with E-state index in [9.17, 15) is 18.0 Å². The zero-order chi connectivity index (χ0) is 17.0. The number of hydrogen-bond acceptors (Lipinski definition) is 3. The van der Waals surface area contributed by atoms with E-state index in [1.807, 2.05) is 0 Å². The summed E-state index contributed by atoms with van der Waals surface area (Å²) in [5.41, 5.74) is 5.41. The highest BCUT2D eigenvalue weighted by atomic mass is 19.4. The minimum Gasteiger partial charge on any atom is -0.340 e. The van der Waals surface area contributed by atoms with Crippen LogP contribution in [-0.2, 0) is 17.5 Å². The molecule has 0 radical (unpaired) electrons. The summed E-state index contributed by atoms with van der Waals surface area (Å²) in [6.45, 7) is 2.00. The molecule has 0 spiro atoms. The van der Waals surface area contributed by atoms with Gasteiger partial charge in [0, 0.05) is 19.6 Å². The lowest BCUT2D eigenvalue weighted by molar-refractivity contribution is -0.139. The second-order valence-electron chi connectivity index (χ2n) is 5.91. The Morgan fingerprint density at radius 2 is 2.00 bits per heavy atom. The van der Waals surface area contributed by atoms with Gasteiger partial charge >= 0.3 is 6.18 Å². The van der Waals surface area contributed by atoms with Crippen molar-refractivity contribution in [3.8, 4) is 0 Å². The molecular formula is C16H22F3N3O. The third kappa shape index (κ3) is 4.45. The fraction of sp³-hybridized carbons (Fsp3) is 0.562. The molecule has 1 aromatic rings. The van der Waals surface area contributed by atoms with Crippen LogP contribution in [-0.4, -0.2) is 29.9 Å². The molecule has 1 heterocycles. The monoisotopic (exact) mass is 329 g/mol. The Morgan fingerprint density at radius 3 is 2.65 bits per heavy atom. The van der Waals surface area contributed by atoms with Crippen molar-refractivity contribution in [3.63, 3.8) is 0 Å². The highest BCUT2D eigenvalue weighted by Crippen LogP contribution is 2.32. The predicted octanol–water partition coefficient (Wildman–Crippen LogP) is 2.70. The third-order valence-electron chi connectivity index (χ3n) is 4.02. The van der Waals surface area contributed by atoms with Crippen LogP contribution in [0.15, 0.2) is 24.3 Å². The van der Waals surface area contributed by atoms with Crippen LogP contribution in [0.5, 0.6) is 0 Å². The molecule has 2 rings (SSSR count). The summed E-state index contributed by atoms with van der Waals surface area (Å²) >= 11 is 0. The molecule has 1 saturated heterocycles. The molecule has 0 aromatic heterocycles. The van der Waals surface area contributed by atoms with Crippen LogP contribution in [0, 0.1) is 0 Å². The summed E-state index contributed by atoms with van der Waals surface area (Å²) in [4.78, 5) is 13.7. The number of nitrogens with zero attached hydrogens (tertiary/aromatic N) is 1. The van der Waals surface area contributed by atoms with Crippen LogP contribution < -0.4 is 10.9 Å². The lowest BCUT2D eigenvalue weighted by Gasteiger charge is -2.22. The fourth-order valence-corrected chi connectivity index (χ4v) is 2.86. The van der Waals surface area contributed by atoms with Crippen molar-refractivity contribution in [1.82, 2.24) is 15.8 Å². The van der Waals surface area contributed by atoms with Gasteiger partial charge in [0.25, 0.3) is 0 Å². The molecule has 0 aliphatic carbocycles. The Balaban J connectivity index is 2.02. The van der Waals surface area contributed by atoms with Gasteiger partial charge in [0.2, 0.25) is 5.91 Å². The lowest BCUT2D eigenvalue weighted by Crippen LogP contribution is -2.44. The third-order valence-corrected chi connectivity index (χ3v) is 4.02. The SMILES string of the molecule is CCCC1CC(C(=O)N(C)Cc2ccccc2C(F)(F)F)NN1. The summed E-state index contributed by atoms with van der Waals surface area (Å²) < 4.78 is 39.0. The number of nitrogens with one attached hydrogen (secondary N) is 2. The molecule has 1 fully saturated rings. The lowest BCUT2D eigenvalue weighted by atomic mass is 10.0. The van der Waals surface area contributed by atoms with Gasteiger partial charge in [-0.25, -0.2) is 5.43 Å². The number of likely N-dealkylation sites (N-methyl/N-ethyl adjacent to an activating group) is 1. The van der Waals surface area contributed by atoms with E-state index in [1.165, 1.54) is 24.1 Å². The summed E-state index contributed by atoms with van der Waals surface area (Å²) in [6, 6.07) is 5.19. The maximum absolute atomic E-state index is 13.0. The molecule has 23 heavy (non-hydrogen) atoms. The molecule has 0 saturated carbocycles. The van der Waals surface area contributed by atoms with E-state index in [1.54, 1.807) is 6.07 Å². The Kier molecular flexibility index (Phi) is 5.64. The standard InChI is InChI=1S/C16H22F3N3O/c1-3-6-12-9-14(21-20-12)15(23)22(2)10-11-7-4-5-8-13(11)16(17,18)19/h4-5,7-8,12,14,20-21H,3,6,9-10H2,1-2H3. The highest BCUT2D eigenvalue weighted by molar-refractivity contribution is 5.82. The number of alkyl halides is 3. The molecule has 0 bridgehead atoms. The van der Waals surface area contributed by atoms with Gasteiger partial charge < -0.3 is 4.90 Å². The molecule has 1 aliphatic rings. The molecule has 7 heteroatoms. The van der Waals surface area contributed by atoms with Gasteiger partial charge in [-0.1, -0.05) is 31.5 Å². The fourth-order valence-electron chi connectivity index (χ4n) is 2.86. The first kappa shape index (κ1) is 17.7. The van der Waals surface area contributed by atoms with E-state index in [2.05, 4.69) is 17.8 Å². The maximum atomic E-state index is 13.0. The van der Waals surface area contributed by atoms with Gasteiger partial charge in [-0.15, -0.1) is 0 Å². The van der Waals surface area contributed by atoms with Gasteiger partial charge in [0.1, 0.15) is 6.04 Å². The summed E-state index contributed by atoms with van der Waals surface area (Å²) in [5, 5.41) is 0. The van der Waals surface area contributed by atoms with E-state index < -0.39 is 17.8 Å². The van der Waals surface area contributed by atoms with Crippen LogP contribution in [0.1, 0.15) is 37.3 Å². The van der Waals surface area contributed by atoms with E-state index in [0.717, 1.165) is 18.9 Å². The number of hydrogen-bond donors (Lipinski definition) is 2. The van der Waals surface area contributed by atoms with Gasteiger partial charge in [-0.3, -0.25) is 10.2 Å². The number of carbonyl (C=O) groups is 1. The van der Waals surface area contributed by atoms with Gasteiger partial charge in [-0.2, -0.15) is 13.2 Å². The second-order valence-corrected chi connectivity index (χ2v) is 5.91. The Labute approximate surface area is 134 Å². The smallest absolute Gasteiger partial charge is 0.340 e. The summed E-state index contributed by atoms with van der Waals surface area (Å²) in [7, 11) is 1.53. The molecule has 1 amide bonds. The topological polar surface area (TPSA) is 44.4 Å². The normalized spacial score (nSPS) is 21.4. The molecular weight excluding hydrogens is 307 g/mol. The maximum Gasteiger partial charge on any atom is 0.416 e. The molecule has 2 unspecified atom stereocenters. The van der Waals surface area contributed by atoms with Crippen LogP contribution in [0.2, 0.25) is 0 Å². The average molecular weight is 329 g/mol. The Bertz CT molecular complexity index is 548. The van der Waals surface area contributed by atoms with Crippen molar-refractivity contribution >= 4 is 5.91 Å². The number of benzene rings is 1. The number of carbonyl (C=O) groups excluding carboxylic acids is 1. The van der Waals surface area contributed by atoms with E-state index in [4.69, 9.17) is 0 Å². The van der Waals surface area contributed by atoms with Crippen molar-refractivity contribution in [2.24, 2.45) is 0 Å². The average Bonchev–Trinajstić information content (AvgIpc) is 2.95. The first-order valence-electron chi connectivity index (χ1n) is 7.74. The zero-order valence-electron chi connectivity index (χ0n) is 13.3. The highest BCUT2D eigenvalue weighted by Gasteiger charge is 2.34. The first-order valence-corrected chi connectivity index (χ1v) is 7.74. The van der Waals surface area contributed by atoms with Crippen molar-refractivity contribution in [2.45, 2.75) is 51.0 Å². The van der Waals surface area contributed by atoms with Crippen LogP contribution in [0.4, 0.5) is 13.2 Å². The largest absolute Gasteiger partial charge is 0.416 e. The van der Waals surface area contributed by atoms with Crippen LogP contribution in [0.25, 0.3) is 0 Å². The van der Waals surface area contributed by atoms with Crippen molar-refractivity contribution in [2.75, 3.05) is 7.05 Å².